The van der Waals surface area contributed by atoms with Gasteiger partial charge in [0.25, 0.3) is 5.69 Å². The van der Waals surface area contributed by atoms with Gasteiger partial charge in [0.15, 0.2) is 0 Å². The summed E-state index contributed by atoms with van der Waals surface area (Å²) in [6.07, 6.45) is -0.622. The molecule has 116 valence electrons. The van der Waals surface area contributed by atoms with Gasteiger partial charge in [-0.25, -0.2) is 0 Å². The van der Waals surface area contributed by atoms with E-state index in [1.807, 2.05) is 31.2 Å². The van der Waals surface area contributed by atoms with Gasteiger partial charge in [-0.2, -0.15) is 0 Å². The molecule has 0 spiro atoms. The monoisotopic (exact) mass is 320 g/mol. The van der Waals surface area contributed by atoms with E-state index in [2.05, 4.69) is 5.32 Å². The van der Waals surface area contributed by atoms with Crippen molar-refractivity contribution >= 4 is 17.3 Å². The van der Waals surface area contributed by atoms with Crippen LogP contribution in [0.4, 0.5) is 5.69 Å². The molecule has 0 aromatic heterocycles. The Morgan fingerprint density at radius 1 is 1.27 bits per heavy atom. The Kier molecular flexibility index (Phi) is 5.49. The number of aliphatic hydroxyl groups is 1. The molecule has 22 heavy (non-hydrogen) atoms. The Bertz CT molecular complexity index is 659. The summed E-state index contributed by atoms with van der Waals surface area (Å²) >= 11 is 5.77. The van der Waals surface area contributed by atoms with Crippen LogP contribution in [0, 0.1) is 17.0 Å². The summed E-state index contributed by atoms with van der Waals surface area (Å²) in [6.45, 7) is 2.77. The molecule has 2 rings (SSSR count). The standard InChI is InChI=1S/C16H17ClN2O3/c1-11-2-5-13(6-3-11)16(20)10-18-9-12-4-7-14(17)15(8-12)19(21)22/h2-8,16,18,20H,9-10H2,1H3. The molecule has 2 N–H and O–H groups in total. The zero-order chi connectivity index (χ0) is 16.1. The second kappa shape index (κ2) is 7.35. The Labute approximate surface area is 133 Å². The average molecular weight is 321 g/mol. The lowest BCUT2D eigenvalue weighted by Crippen LogP contribution is -2.21. The lowest BCUT2D eigenvalue weighted by atomic mass is 10.1. The third kappa shape index (κ3) is 4.27. The number of nitro benzene ring substituents is 1. The topological polar surface area (TPSA) is 75.4 Å². The van der Waals surface area contributed by atoms with Crippen LogP contribution < -0.4 is 5.32 Å². The Hall–Kier alpha value is -1.95. The minimum absolute atomic E-state index is 0.111. The van der Waals surface area contributed by atoms with Crippen molar-refractivity contribution in [2.75, 3.05) is 6.54 Å². The summed E-state index contributed by atoms with van der Waals surface area (Å²) in [5, 5.41) is 24.1. The molecule has 2 aromatic carbocycles. The number of benzene rings is 2. The van der Waals surface area contributed by atoms with Crippen molar-refractivity contribution < 1.29 is 10.0 Å². The molecular weight excluding hydrogens is 304 g/mol. The fraction of sp³-hybridized carbons (Fsp3) is 0.250. The minimum Gasteiger partial charge on any atom is -0.387 e. The van der Waals surface area contributed by atoms with Gasteiger partial charge in [-0.15, -0.1) is 0 Å². The summed E-state index contributed by atoms with van der Waals surface area (Å²) in [6, 6.07) is 12.3. The Morgan fingerprint density at radius 2 is 1.95 bits per heavy atom. The number of hydrogen-bond acceptors (Lipinski definition) is 4. The fourth-order valence-electron chi connectivity index (χ4n) is 2.07. The van der Waals surface area contributed by atoms with Gasteiger partial charge in [-0.05, 0) is 24.1 Å². The van der Waals surface area contributed by atoms with Crippen molar-refractivity contribution in [3.8, 4) is 0 Å². The van der Waals surface area contributed by atoms with Crippen molar-refractivity contribution in [2.24, 2.45) is 0 Å². The molecule has 1 atom stereocenters. The van der Waals surface area contributed by atoms with Crippen molar-refractivity contribution in [1.82, 2.24) is 5.32 Å². The van der Waals surface area contributed by atoms with Gasteiger partial charge >= 0.3 is 0 Å². The van der Waals surface area contributed by atoms with E-state index in [4.69, 9.17) is 11.6 Å². The molecule has 0 aliphatic carbocycles. The molecule has 0 bridgehead atoms. The highest BCUT2D eigenvalue weighted by atomic mass is 35.5. The van der Waals surface area contributed by atoms with Crippen LogP contribution in [0.25, 0.3) is 0 Å². The molecule has 0 radical (unpaired) electrons. The zero-order valence-electron chi connectivity index (χ0n) is 12.1. The highest BCUT2D eigenvalue weighted by Gasteiger charge is 2.13. The minimum atomic E-state index is -0.622. The van der Waals surface area contributed by atoms with Crippen LogP contribution in [-0.4, -0.2) is 16.6 Å². The molecule has 5 nitrogen and oxygen atoms in total. The number of hydrogen-bond donors (Lipinski definition) is 2. The number of nitrogens with zero attached hydrogens (tertiary/aromatic N) is 1. The smallest absolute Gasteiger partial charge is 0.288 e. The van der Waals surface area contributed by atoms with Crippen LogP contribution >= 0.6 is 11.6 Å². The summed E-state index contributed by atoms with van der Waals surface area (Å²) in [5.41, 5.74) is 2.60. The summed E-state index contributed by atoms with van der Waals surface area (Å²) in [7, 11) is 0. The second-order valence-electron chi connectivity index (χ2n) is 5.10. The van der Waals surface area contributed by atoms with Crippen LogP contribution in [0.5, 0.6) is 0 Å². The van der Waals surface area contributed by atoms with Gasteiger partial charge < -0.3 is 10.4 Å². The summed E-state index contributed by atoms with van der Waals surface area (Å²) < 4.78 is 0. The maximum atomic E-state index is 10.8. The molecule has 0 amide bonds. The largest absolute Gasteiger partial charge is 0.387 e. The number of rotatable bonds is 6. The van der Waals surface area contributed by atoms with Crippen LogP contribution in [0.1, 0.15) is 22.8 Å². The van der Waals surface area contributed by atoms with Gasteiger partial charge in [-0.1, -0.05) is 47.5 Å². The molecule has 0 saturated carbocycles. The quantitative estimate of drug-likeness (QED) is 0.632. The first kappa shape index (κ1) is 16.4. The molecule has 1 unspecified atom stereocenters. The molecule has 0 fully saturated rings. The molecule has 2 aromatic rings. The SMILES string of the molecule is Cc1ccc(C(O)CNCc2ccc(Cl)c([N+](=O)[O-])c2)cc1. The average Bonchev–Trinajstić information content (AvgIpc) is 2.49. The molecule has 6 heteroatoms. The maximum Gasteiger partial charge on any atom is 0.288 e. The Morgan fingerprint density at radius 3 is 2.59 bits per heavy atom. The first-order valence-corrected chi connectivity index (χ1v) is 7.23. The van der Waals surface area contributed by atoms with E-state index < -0.39 is 11.0 Å². The first-order valence-electron chi connectivity index (χ1n) is 6.85. The third-order valence-corrected chi connectivity index (χ3v) is 3.66. The highest BCUT2D eigenvalue weighted by molar-refractivity contribution is 6.32. The van der Waals surface area contributed by atoms with Gasteiger partial charge in [-0.3, -0.25) is 10.1 Å². The lowest BCUT2D eigenvalue weighted by molar-refractivity contribution is -0.384. The molecule has 0 aliphatic rings. The normalized spacial score (nSPS) is 12.1. The predicted octanol–water partition coefficient (Wildman–Crippen LogP) is 3.38. The number of nitrogens with one attached hydrogen (secondary N) is 1. The lowest BCUT2D eigenvalue weighted by Gasteiger charge is -2.12. The number of aliphatic hydroxyl groups excluding tert-OH is 1. The highest BCUT2D eigenvalue weighted by Crippen LogP contribution is 2.25. The van der Waals surface area contributed by atoms with E-state index in [9.17, 15) is 15.2 Å². The van der Waals surface area contributed by atoms with E-state index in [0.717, 1.165) is 16.7 Å². The fourth-order valence-corrected chi connectivity index (χ4v) is 2.25. The van der Waals surface area contributed by atoms with E-state index in [1.165, 1.54) is 12.1 Å². The molecule has 0 aliphatic heterocycles. The maximum absolute atomic E-state index is 10.8. The van der Waals surface area contributed by atoms with Crippen LogP contribution in [0.3, 0.4) is 0 Å². The molecule has 0 saturated heterocycles. The second-order valence-corrected chi connectivity index (χ2v) is 5.51. The van der Waals surface area contributed by atoms with Gasteiger partial charge in [0, 0.05) is 19.2 Å². The Balaban J connectivity index is 1.92. The zero-order valence-corrected chi connectivity index (χ0v) is 12.9. The van der Waals surface area contributed by atoms with Crippen molar-refractivity contribution in [2.45, 2.75) is 19.6 Å². The molecular formula is C16H17ClN2O3. The van der Waals surface area contributed by atoms with Crippen molar-refractivity contribution in [1.29, 1.82) is 0 Å². The van der Waals surface area contributed by atoms with Crippen molar-refractivity contribution in [3.05, 3.63) is 74.3 Å². The van der Waals surface area contributed by atoms with Crippen LogP contribution in [0.15, 0.2) is 42.5 Å². The third-order valence-electron chi connectivity index (χ3n) is 3.34. The van der Waals surface area contributed by atoms with E-state index in [1.54, 1.807) is 6.07 Å². The van der Waals surface area contributed by atoms with Crippen LogP contribution in [-0.2, 0) is 6.54 Å². The summed E-state index contributed by atoms with van der Waals surface area (Å²) in [4.78, 5) is 10.3. The number of halogens is 1. The van der Waals surface area contributed by atoms with Crippen LogP contribution in [0.2, 0.25) is 5.02 Å². The van der Waals surface area contributed by atoms with Gasteiger partial charge in [0.2, 0.25) is 0 Å². The first-order chi connectivity index (χ1) is 10.5. The number of aryl methyl sites for hydroxylation is 1. The summed E-state index contributed by atoms with van der Waals surface area (Å²) in [5.74, 6) is 0. The molecule has 0 heterocycles. The van der Waals surface area contributed by atoms with E-state index in [-0.39, 0.29) is 10.7 Å². The van der Waals surface area contributed by atoms with Crippen molar-refractivity contribution in [3.63, 3.8) is 0 Å². The van der Waals surface area contributed by atoms with E-state index >= 15 is 0 Å². The van der Waals surface area contributed by atoms with E-state index in [0.29, 0.717) is 13.1 Å². The van der Waals surface area contributed by atoms with Gasteiger partial charge in [0.05, 0.1) is 11.0 Å². The van der Waals surface area contributed by atoms with Gasteiger partial charge in [0.1, 0.15) is 5.02 Å². The number of nitro groups is 1. The predicted molar refractivity (Wildman–Crippen MR) is 86.0 cm³/mol.